The molecule has 1 aliphatic rings. The Bertz CT molecular complexity index is 1100. The maximum Gasteiger partial charge on any atom is 0.240 e. The largest absolute Gasteiger partial charge is 0.497 e. The smallest absolute Gasteiger partial charge is 0.240 e. The van der Waals surface area contributed by atoms with Crippen LogP contribution in [0.5, 0.6) is 17.2 Å². The predicted octanol–water partition coefficient (Wildman–Crippen LogP) is 2.65. The molecule has 1 aliphatic heterocycles. The second-order valence-electron chi connectivity index (χ2n) is 7.37. The summed E-state index contributed by atoms with van der Waals surface area (Å²) in [6, 6.07) is 9.74. The van der Waals surface area contributed by atoms with Crippen LogP contribution in [0.15, 0.2) is 53.9 Å². The van der Waals surface area contributed by atoms with E-state index in [1.54, 1.807) is 32.4 Å². The minimum Gasteiger partial charge on any atom is -0.497 e. The predicted molar refractivity (Wildman–Crippen MR) is 132 cm³/mol. The van der Waals surface area contributed by atoms with Crippen molar-refractivity contribution in [2.45, 2.75) is 17.4 Å². The Morgan fingerprint density at radius 2 is 1.82 bits per heavy atom. The van der Waals surface area contributed by atoms with E-state index in [0.29, 0.717) is 35.5 Å². The van der Waals surface area contributed by atoms with E-state index < -0.39 is 10.0 Å². The molecule has 178 valence electrons. The Morgan fingerprint density at radius 1 is 1.15 bits per heavy atom. The van der Waals surface area contributed by atoms with E-state index in [1.807, 2.05) is 17.0 Å². The Kier molecular flexibility index (Phi) is 8.17. The van der Waals surface area contributed by atoms with Crippen molar-refractivity contribution in [1.29, 1.82) is 0 Å². The summed E-state index contributed by atoms with van der Waals surface area (Å²) in [5, 5.41) is 3.68. The Morgan fingerprint density at radius 3 is 2.42 bits per heavy atom. The van der Waals surface area contributed by atoms with Crippen molar-refractivity contribution in [3.05, 3.63) is 60.2 Å². The summed E-state index contributed by atoms with van der Waals surface area (Å²) < 4.78 is 44.8. The Balaban J connectivity index is 1.93. The van der Waals surface area contributed by atoms with Gasteiger partial charge in [0.15, 0.2) is 16.6 Å². The summed E-state index contributed by atoms with van der Waals surface area (Å²) in [7, 11) is 0.945. The molecule has 2 N–H and O–H groups in total. The minimum absolute atomic E-state index is 0.118. The molecule has 8 nitrogen and oxygen atoms in total. The quantitative estimate of drug-likeness (QED) is 0.409. The minimum atomic E-state index is -3.75. The molecule has 0 amide bonds. The van der Waals surface area contributed by atoms with Gasteiger partial charge in [-0.3, -0.25) is 0 Å². The molecule has 33 heavy (non-hydrogen) atoms. The molecule has 0 radical (unpaired) electrons. The molecule has 0 spiro atoms. The SMILES string of the molecule is C=CCNC(=S)N1CCc2cc(OC)c(OC)cc2C1CNS(=O)(=O)c1ccc(OC)cc1. The van der Waals surface area contributed by atoms with Gasteiger partial charge >= 0.3 is 0 Å². The van der Waals surface area contributed by atoms with Crippen molar-refractivity contribution in [3.63, 3.8) is 0 Å². The average molecular weight is 492 g/mol. The lowest BCUT2D eigenvalue weighted by molar-refractivity contribution is 0.291. The standard InChI is InChI=1S/C23H29N3O5S2/c1-5-11-24-23(32)26-12-10-16-13-21(30-3)22(31-4)14-19(16)20(26)15-25-33(27,28)18-8-6-17(29-2)7-9-18/h5-9,13-14,20,25H,1,10-12,15H2,2-4H3,(H,24,32). The van der Waals surface area contributed by atoms with Gasteiger partial charge in [-0.2, -0.15) is 0 Å². The summed E-state index contributed by atoms with van der Waals surface area (Å²) in [5.74, 6) is 1.79. The van der Waals surface area contributed by atoms with Crippen molar-refractivity contribution in [1.82, 2.24) is 14.9 Å². The highest BCUT2D eigenvalue weighted by Crippen LogP contribution is 2.38. The summed E-state index contributed by atoms with van der Waals surface area (Å²) in [6.07, 6.45) is 2.45. The number of rotatable bonds is 9. The molecular weight excluding hydrogens is 462 g/mol. The fourth-order valence-corrected chi connectivity index (χ4v) is 5.12. The molecule has 1 unspecified atom stereocenters. The highest BCUT2D eigenvalue weighted by Gasteiger charge is 2.32. The van der Waals surface area contributed by atoms with Crippen LogP contribution in [0.4, 0.5) is 0 Å². The number of ether oxygens (including phenoxy) is 3. The Hall–Kier alpha value is -2.82. The first-order valence-corrected chi connectivity index (χ1v) is 12.3. The van der Waals surface area contributed by atoms with Crippen LogP contribution in [-0.4, -0.2) is 59.4 Å². The van der Waals surface area contributed by atoms with E-state index in [1.165, 1.54) is 19.2 Å². The van der Waals surface area contributed by atoms with Gasteiger partial charge in [0.2, 0.25) is 10.0 Å². The zero-order valence-corrected chi connectivity index (χ0v) is 20.6. The zero-order chi connectivity index (χ0) is 24.0. The molecule has 0 aromatic heterocycles. The first-order chi connectivity index (χ1) is 15.8. The van der Waals surface area contributed by atoms with Crippen LogP contribution in [0.2, 0.25) is 0 Å². The van der Waals surface area contributed by atoms with Gasteiger partial charge in [0.1, 0.15) is 5.75 Å². The molecule has 0 saturated carbocycles. The molecule has 1 heterocycles. The lowest BCUT2D eigenvalue weighted by atomic mass is 9.92. The molecule has 0 saturated heterocycles. The van der Waals surface area contributed by atoms with E-state index >= 15 is 0 Å². The second-order valence-corrected chi connectivity index (χ2v) is 9.52. The van der Waals surface area contributed by atoms with Gasteiger partial charge in [-0.15, -0.1) is 6.58 Å². The van der Waals surface area contributed by atoms with Crippen LogP contribution in [-0.2, 0) is 16.4 Å². The van der Waals surface area contributed by atoms with Gasteiger partial charge in [0, 0.05) is 19.6 Å². The lowest BCUT2D eigenvalue weighted by Gasteiger charge is -2.39. The van der Waals surface area contributed by atoms with Gasteiger partial charge in [0.05, 0.1) is 32.3 Å². The first kappa shape index (κ1) is 24.8. The van der Waals surface area contributed by atoms with Crippen molar-refractivity contribution in [2.24, 2.45) is 0 Å². The fourth-order valence-electron chi connectivity index (χ4n) is 3.78. The molecule has 1 atom stereocenters. The number of nitrogens with one attached hydrogen (secondary N) is 2. The maximum absolute atomic E-state index is 13.0. The van der Waals surface area contributed by atoms with Crippen LogP contribution in [0.1, 0.15) is 17.2 Å². The third-order valence-electron chi connectivity index (χ3n) is 5.50. The number of nitrogens with zero attached hydrogens (tertiary/aromatic N) is 1. The first-order valence-electron chi connectivity index (χ1n) is 10.4. The average Bonchev–Trinajstić information content (AvgIpc) is 2.84. The summed E-state index contributed by atoms with van der Waals surface area (Å²) >= 11 is 5.60. The van der Waals surface area contributed by atoms with E-state index in [-0.39, 0.29) is 17.5 Å². The molecule has 10 heteroatoms. The van der Waals surface area contributed by atoms with Crippen LogP contribution in [0, 0.1) is 0 Å². The molecule has 2 aromatic carbocycles. The van der Waals surface area contributed by atoms with Crippen molar-refractivity contribution in [2.75, 3.05) is 41.0 Å². The number of sulfonamides is 1. The van der Waals surface area contributed by atoms with E-state index in [0.717, 1.165) is 17.5 Å². The molecular formula is C23H29N3O5S2. The van der Waals surface area contributed by atoms with Crippen LogP contribution >= 0.6 is 12.2 Å². The molecule has 2 aromatic rings. The zero-order valence-electron chi connectivity index (χ0n) is 19.0. The van der Waals surface area contributed by atoms with Gasteiger partial charge < -0.3 is 24.4 Å². The number of methoxy groups -OCH3 is 3. The van der Waals surface area contributed by atoms with Crippen LogP contribution < -0.4 is 24.2 Å². The molecule has 0 bridgehead atoms. The van der Waals surface area contributed by atoms with E-state index in [2.05, 4.69) is 16.6 Å². The van der Waals surface area contributed by atoms with Gasteiger partial charge in [-0.1, -0.05) is 6.08 Å². The molecule has 3 rings (SSSR count). The number of thiocarbonyl (C=S) groups is 1. The monoisotopic (exact) mass is 491 g/mol. The maximum atomic E-state index is 13.0. The molecule has 0 fully saturated rings. The summed E-state index contributed by atoms with van der Waals surface area (Å²) in [6.45, 7) is 4.97. The number of hydrogen-bond acceptors (Lipinski definition) is 6. The Labute approximate surface area is 200 Å². The van der Waals surface area contributed by atoms with Crippen LogP contribution in [0.3, 0.4) is 0 Å². The van der Waals surface area contributed by atoms with Gasteiger partial charge in [-0.05, 0) is 66.2 Å². The normalized spacial score (nSPS) is 15.4. The number of benzene rings is 2. The molecule has 0 aliphatic carbocycles. The summed E-state index contributed by atoms with van der Waals surface area (Å²) in [5.41, 5.74) is 1.99. The summed E-state index contributed by atoms with van der Waals surface area (Å²) in [4.78, 5) is 2.15. The van der Waals surface area contributed by atoms with Gasteiger partial charge in [-0.25, -0.2) is 13.1 Å². The topological polar surface area (TPSA) is 89.1 Å². The van der Waals surface area contributed by atoms with Crippen molar-refractivity contribution in [3.8, 4) is 17.2 Å². The third-order valence-corrected chi connectivity index (χ3v) is 7.32. The van der Waals surface area contributed by atoms with Crippen molar-refractivity contribution < 1.29 is 22.6 Å². The highest BCUT2D eigenvalue weighted by atomic mass is 32.2. The van der Waals surface area contributed by atoms with Crippen LogP contribution in [0.25, 0.3) is 0 Å². The lowest BCUT2D eigenvalue weighted by Crippen LogP contribution is -2.49. The number of hydrogen-bond donors (Lipinski definition) is 2. The fraction of sp³-hybridized carbons (Fsp3) is 0.348. The van der Waals surface area contributed by atoms with Gasteiger partial charge in [0.25, 0.3) is 0 Å². The number of fused-ring (bicyclic) bond motifs is 1. The van der Waals surface area contributed by atoms with E-state index in [4.69, 9.17) is 26.4 Å². The van der Waals surface area contributed by atoms with E-state index in [9.17, 15) is 8.42 Å². The second kappa shape index (κ2) is 10.9. The van der Waals surface area contributed by atoms with Crippen molar-refractivity contribution >= 4 is 27.4 Å². The highest BCUT2D eigenvalue weighted by molar-refractivity contribution is 7.89. The third kappa shape index (κ3) is 5.58.